The second-order valence-electron chi connectivity index (χ2n) is 4.11. The van der Waals surface area contributed by atoms with E-state index in [1.54, 1.807) is 6.92 Å². The molecule has 0 radical (unpaired) electrons. The van der Waals surface area contributed by atoms with Crippen molar-refractivity contribution in [1.82, 2.24) is 10.2 Å². The second-order valence-corrected chi connectivity index (χ2v) is 4.11. The molecule has 1 heterocycles. The smallest absolute Gasteiger partial charge is 0.253 e. The van der Waals surface area contributed by atoms with Crippen molar-refractivity contribution >= 4 is 0 Å². The van der Waals surface area contributed by atoms with Crippen molar-refractivity contribution in [2.45, 2.75) is 32.9 Å². The number of hydrogen-bond acceptors (Lipinski definition) is 5. The van der Waals surface area contributed by atoms with Crippen molar-refractivity contribution in [3.8, 4) is 5.75 Å². The molecule has 0 fully saturated rings. The summed E-state index contributed by atoms with van der Waals surface area (Å²) < 4.78 is 10.9. The number of aromatic nitrogens is 2. The summed E-state index contributed by atoms with van der Waals surface area (Å²) in [5.74, 6) is 1.64. The molecule has 2 rings (SSSR count). The van der Waals surface area contributed by atoms with Gasteiger partial charge in [-0.1, -0.05) is 19.1 Å². The Balaban J connectivity index is 1.93. The van der Waals surface area contributed by atoms with Gasteiger partial charge < -0.3 is 14.9 Å². The SMILES string of the molecule is CCc1ccc(OCc2nnc(C(C)N)o2)cc1. The maximum atomic E-state index is 5.63. The van der Waals surface area contributed by atoms with Crippen molar-refractivity contribution < 1.29 is 9.15 Å². The molecule has 0 aliphatic rings. The first-order valence-corrected chi connectivity index (χ1v) is 5.98. The Kier molecular flexibility index (Phi) is 3.94. The number of ether oxygens (including phenoxy) is 1. The van der Waals surface area contributed by atoms with Crippen molar-refractivity contribution in [2.24, 2.45) is 5.73 Å². The van der Waals surface area contributed by atoms with Gasteiger partial charge in [-0.3, -0.25) is 0 Å². The molecule has 5 nitrogen and oxygen atoms in total. The van der Waals surface area contributed by atoms with Crippen LogP contribution < -0.4 is 10.5 Å². The molecule has 2 N–H and O–H groups in total. The van der Waals surface area contributed by atoms with E-state index in [1.807, 2.05) is 24.3 Å². The highest BCUT2D eigenvalue weighted by Gasteiger charge is 2.10. The maximum Gasteiger partial charge on any atom is 0.253 e. The van der Waals surface area contributed by atoms with Crippen LogP contribution in [0.3, 0.4) is 0 Å². The Morgan fingerprint density at radius 3 is 2.56 bits per heavy atom. The normalized spacial score (nSPS) is 12.4. The van der Waals surface area contributed by atoms with Crippen LogP contribution in [0.15, 0.2) is 28.7 Å². The molecule has 0 amide bonds. The van der Waals surface area contributed by atoms with Gasteiger partial charge >= 0.3 is 0 Å². The number of aryl methyl sites for hydroxylation is 1. The number of rotatable bonds is 5. The van der Waals surface area contributed by atoms with Crippen LogP contribution in [0.2, 0.25) is 0 Å². The summed E-state index contributed by atoms with van der Waals surface area (Å²) in [5, 5.41) is 7.70. The predicted octanol–water partition coefficient (Wildman–Crippen LogP) is 2.23. The third-order valence-corrected chi connectivity index (χ3v) is 2.57. The minimum atomic E-state index is -0.255. The minimum Gasteiger partial charge on any atom is -0.484 e. The second kappa shape index (κ2) is 5.64. The van der Waals surface area contributed by atoms with E-state index < -0.39 is 0 Å². The molecule has 0 saturated carbocycles. The van der Waals surface area contributed by atoms with Gasteiger partial charge in [0, 0.05) is 0 Å². The molecule has 1 aromatic heterocycles. The summed E-state index contributed by atoms with van der Waals surface area (Å²) in [4.78, 5) is 0. The Morgan fingerprint density at radius 1 is 1.28 bits per heavy atom. The lowest BCUT2D eigenvalue weighted by Crippen LogP contribution is -2.04. The molecule has 1 aromatic carbocycles. The lowest BCUT2D eigenvalue weighted by atomic mass is 10.2. The lowest BCUT2D eigenvalue weighted by molar-refractivity contribution is 0.257. The van der Waals surface area contributed by atoms with Crippen LogP contribution in [0.25, 0.3) is 0 Å². The van der Waals surface area contributed by atoms with Crippen LogP contribution in [0.5, 0.6) is 5.75 Å². The molecule has 5 heteroatoms. The summed E-state index contributed by atoms with van der Waals surface area (Å²) >= 11 is 0. The maximum absolute atomic E-state index is 5.63. The number of hydrogen-bond donors (Lipinski definition) is 1. The van der Waals surface area contributed by atoms with E-state index in [-0.39, 0.29) is 12.6 Å². The molecule has 18 heavy (non-hydrogen) atoms. The third kappa shape index (κ3) is 3.07. The highest BCUT2D eigenvalue weighted by atomic mass is 16.5. The van der Waals surface area contributed by atoms with E-state index in [4.69, 9.17) is 14.9 Å². The first kappa shape index (κ1) is 12.6. The zero-order valence-electron chi connectivity index (χ0n) is 10.6. The van der Waals surface area contributed by atoms with Gasteiger partial charge in [-0.2, -0.15) is 0 Å². The standard InChI is InChI=1S/C13H17N3O2/c1-3-10-4-6-11(7-5-10)17-8-12-15-16-13(18-12)9(2)14/h4-7,9H,3,8,14H2,1-2H3. The van der Waals surface area contributed by atoms with Crippen LogP contribution in [0, 0.1) is 0 Å². The van der Waals surface area contributed by atoms with Gasteiger partial charge in [0.15, 0.2) is 6.61 Å². The van der Waals surface area contributed by atoms with Gasteiger partial charge in [-0.05, 0) is 31.0 Å². The average Bonchev–Trinajstić information content (AvgIpc) is 2.86. The predicted molar refractivity (Wildman–Crippen MR) is 67.1 cm³/mol. The van der Waals surface area contributed by atoms with E-state index in [9.17, 15) is 0 Å². The topological polar surface area (TPSA) is 74.2 Å². The van der Waals surface area contributed by atoms with E-state index in [2.05, 4.69) is 17.1 Å². The molecule has 1 unspecified atom stereocenters. The Bertz CT molecular complexity index is 491. The Labute approximate surface area is 106 Å². The molecule has 0 saturated heterocycles. The van der Waals surface area contributed by atoms with Gasteiger partial charge in [0.1, 0.15) is 5.75 Å². The van der Waals surface area contributed by atoms with Gasteiger partial charge in [-0.25, -0.2) is 0 Å². The van der Waals surface area contributed by atoms with Crippen molar-refractivity contribution in [2.75, 3.05) is 0 Å². The molecule has 1 atom stereocenters. The largest absolute Gasteiger partial charge is 0.484 e. The fourth-order valence-corrected chi connectivity index (χ4v) is 1.48. The van der Waals surface area contributed by atoms with E-state index in [0.717, 1.165) is 12.2 Å². The van der Waals surface area contributed by atoms with Crippen molar-refractivity contribution in [3.63, 3.8) is 0 Å². The fraction of sp³-hybridized carbons (Fsp3) is 0.385. The van der Waals surface area contributed by atoms with E-state index in [1.165, 1.54) is 5.56 Å². The molecular weight excluding hydrogens is 230 g/mol. The number of nitrogens with two attached hydrogens (primary N) is 1. The van der Waals surface area contributed by atoms with Gasteiger partial charge in [0.25, 0.3) is 5.89 Å². The molecule has 0 aliphatic carbocycles. The van der Waals surface area contributed by atoms with Crippen molar-refractivity contribution in [1.29, 1.82) is 0 Å². The summed E-state index contributed by atoms with van der Waals surface area (Å²) in [6, 6.07) is 7.69. The number of nitrogens with zero attached hydrogens (tertiary/aromatic N) is 2. The fourth-order valence-electron chi connectivity index (χ4n) is 1.48. The molecule has 96 valence electrons. The monoisotopic (exact) mass is 247 g/mol. The average molecular weight is 247 g/mol. The minimum absolute atomic E-state index is 0.255. The Morgan fingerprint density at radius 2 is 2.00 bits per heavy atom. The molecule has 0 spiro atoms. The van der Waals surface area contributed by atoms with Gasteiger partial charge in [0.2, 0.25) is 5.89 Å². The number of benzene rings is 1. The van der Waals surface area contributed by atoms with Gasteiger partial charge in [-0.15, -0.1) is 10.2 Å². The van der Waals surface area contributed by atoms with Gasteiger partial charge in [0.05, 0.1) is 6.04 Å². The first-order chi connectivity index (χ1) is 8.69. The zero-order valence-corrected chi connectivity index (χ0v) is 10.6. The van der Waals surface area contributed by atoms with E-state index in [0.29, 0.717) is 11.8 Å². The summed E-state index contributed by atoms with van der Waals surface area (Å²) in [6.45, 7) is 4.16. The summed E-state index contributed by atoms with van der Waals surface area (Å²) in [6.07, 6.45) is 1.02. The highest BCUT2D eigenvalue weighted by molar-refractivity contribution is 5.27. The quantitative estimate of drug-likeness (QED) is 0.877. The van der Waals surface area contributed by atoms with Crippen LogP contribution in [0.1, 0.15) is 37.2 Å². The van der Waals surface area contributed by atoms with E-state index >= 15 is 0 Å². The first-order valence-electron chi connectivity index (χ1n) is 5.98. The molecule has 2 aromatic rings. The Hall–Kier alpha value is -1.88. The zero-order chi connectivity index (χ0) is 13.0. The molecular formula is C13H17N3O2. The van der Waals surface area contributed by atoms with Crippen LogP contribution in [-0.4, -0.2) is 10.2 Å². The third-order valence-electron chi connectivity index (χ3n) is 2.57. The molecule has 0 bridgehead atoms. The van der Waals surface area contributed by atoms with Crippen LogP contribution in [0.4, 0.5) is 0 Å². The highest BCUT2D eigenvalue weighted by Crippen LogP contribution is 2.15. The summed E-state index contributed by atoms with van der Waals surface area (Å²) in [5.41, 5.74) is 6.91. The van der Waals surface area contributed by atoms with Crippen LogP contribution >= 0.6 is 0 Å². The van der Waals surface area contributed by atoms with Crippen LogP contribution in [-0.2, 0) is 13.0 Å². The van der Waals surface area contributed by atoms with Crippen molar-refractivity contribution in [3.05, 3.63) is 41.6 Å². The lowest BCUT2D eigenvalue weighted by Gasteiger charge is -2.04. The summed E-state index contributed by atoms with van der Waals surface area (Å²) in [7, 11) is 0. The molecule has 0 aliphatic heterocycles.